The van der Waals surface area contributed by atoms with E-state index < -0.39 is 0 Å². The summed E-state index contributed by atoms with van der Waals surface area (Å²) < 4.78 is 5.86. The van der Waals surface area contributed by atoms with Crippen LogP contribution in [-0.2, 0) is 17.6 Å². The minimum absolute atomic E-state index is 0.111. The third-order valence-corrected chi connectivity index (χ3v) is 4.77. The first kappa shape index (κ1) is 15.3. The van der Waals surface area contributed by atoms with E-state index in [9.17, 15) is 4.79 Å². The van der Waals surface area contributed by atoms with E-state index in [1.54, 1.807) is 6.20 Å². The number of aryl methyl sites for hydroxylation is 1. The van der Waals surface area contributed by atoms with Crippen molar-refractivity contribution in [1.29, 1.82) is 0 Å². The molecular formula is C18H26N2O2. The second kappa shape index (κ2) is 6.67. The smallest absolute Gasteiger partial charge is 0.260 e. The molecule has 3 rings (SSSR count). The van der Waals surface area contributed by atoms with E-state index in [4.69, 9.17) is 4.74 Å². The number of fused-ring (bicyclic) bond motifs is 1. The van der Waals surface area contributed by atoms with Crippen LogP contribution in [0.4, 0.5) is 0 Å². The zero-order valence-electron chi connectivity index (χ0n) is 13.7. The normalized spacial score (nSPS) is 24.7. The maximum absolute atomic E-state index is 12.4. The van der Waals surface area contributed by atoms with Crippen LogP contribution in [0.2, 0.25) is 0 Å². The van der Waals surface area contributed by atoms with Gasteiger partial charge in [0.15, 0.2) is 6.61 Å². The lowest BCUT2D eigenvalue weighted by molar-refractivity contribution is -0.136. The lowest BCUT2D eigenvalue weighted by Crippen LogP contribution is -2.44. The number of nitrogens with zero attached hydrogens (tertiary/aromatic N) is 2. The third kappa shape index (κ3) is 3.42. The third-order valence-electron chi connectivity index (χ3n) is 4.77. The number of rotatable bonds is 3. The van der Waals surface area contributed by atoms with Crippen LogP contribution in [0.5, 0.6) is 5.75 Å². The molecule has 2 unspecified atom stereocenters. The van der Waals surface area contributed by atoms with Crippen LogP contribution >= 0.6 is 0 Å². The molecule has 0 N–H and O–H groups in total. The Morgan fingerprint density at radius 3 is 2.77 bits per heavy atom. The highest BCUT2D eigenvalue weighted by molar-refractivity contribution is 5.78. The predicted octanol–water partition coefficient (Wildman–Crippen LogP) is 2.84. The number of hydrogen-bond donors (Lipinski definition) is 0. The van der Waals surface area contributed by atoms with Crippen LogP contribution in [-0.4, -0.2) is 35.5 Å². The van der Waals surface area contributed by atoms with E-state index in [-0.39, 0.29) is 12.5 Å². The number of piperidine rings is 1. The Morgan fingerprint density at radius 2 is 2.00 bits per heavy atom. The zero-order chi connectivity index (χ0) is 15.5. The Balaban J connectivity index is 1.62. The number of likely N-dealkylation sites (tertiary alicyclic amines) is 1. The second-order valence-corrected chi connectivity index (χ2v) is 6.97. The molecule has 0 spiro atoms. The molecule has 1 aromatic rings. The average Bonchev–Trinajstić information content (AvgIpc) is 2.51. The van der Waals surface area contributed by atoms with Gasteiger partial charge in [-0.2, -0.15) is 0 Å². The molecular weight excluding hydrogens is 276 g/mol. The van der Waals surface area contributed by atoms with Gasteiger partial charge >= 0.3 is 0 Å². The first-order valence-corrected chi connectivity index (χ1v) is 8.51. The Morgan fingerprint density at radius 1 is 1.27 bits per heavy atom. The molecule has 4 nitrogen and oxygen atoms in total. The van der Waals surface area contributed by atoms with Crippen LogP contribution in [0.25, 0.3) is 0 Å². The van der Waals surface area contributed by atoms with Crippen LogP contribution in [0, 0.1) is 11.8 Å². The number of aromatic nitrogens is 1. The Labute approximate surface area is 132 Å². The fraction of sp³-hybridized carbons (Fsp3) is 0.667. The molecule has 0 bridgehead atoms. The quantitative estimate of drug-likeness (QED) is 0.862. The SMILES string of the molecule is CC1CC(C)CN(C(=O)COc2ccnc3c2CCCC3)C1. The summed E-state index contributed by atoms with van der Waals surface area (Å²) in [6.45, 7) is 6.31. The van der Waals surface area contributed by atoms with Gasteiger partial charge in [0.25, 0.3) is 5.91 Å². The molecule has 2 aliphatic rings. The van der Waals surface area contributed by atoms with Crippen molar-refractivity contribution in [3.63, 3.8) is 0 Å². The topological polar surface area (TPSA) is 42.4 Å². The van der Waals surface area contributed by atoms with Crippen LogP contribution < -0.4 is 4.74 Å². The van der Waals surface area contributed by atoms with Crippen molar-refractivity contribution < 1.29 is 9.53 Å². The molecule has 0 saturated carbocycles. The van der Waals surface area contributed by atoms with Crippen LogP contribution in [0.15, 0.2) is 12.3 Å². The molecule has 2 heterocycles. The van der Waals surface area contributed by atoms with E-state index in [0.717, 1.165) is 37.4 Å². The molecule has 120 valence electrons. The molecule has 0 aromatic carbocycles. The van der Waals surface area contributed by atoms with Gasteiger partial charge < -0.3 is 9.64 Å². The Hall–Kier alpha value is -1.58. The number of amides is 1. The van der Waals surface area contributed by atoms with Crippen molar-refractivity contribution >= 4 is 5.91 Å². The summed E-state index contributed by atoms with van der Waals surface area (Å²) in [5.74, 6) is 2.14. The van der Waals surface area contributed by atoms with Crippen LogP contribution in [0.3, 0.4) is 0 Å². The molecule has 1 aliphatic carbocycles. The highest BCUT2D eigenvalue weighted by Crippen LogP contribution is 2.28. The van der Waals surface area contributed by atoms with Gasteiger partial charge in [-0.3, -0.25) is 9.78 Å². The zero-order valence-corrected chi connectivity index (χ0v) is 13.7. The van der Waals surface area contributed by atoms with E-state index in [1.807, 2.05) is 11.0 Å². The van der Waals surface area contributed by atoms with E-state index in [0.29, 0.717) is 11.8 Å². The summed E-state index contributed by atoms with van der Waals surface area (Å²) in [4.78, 5) is 18.8. The molecule has 1 aromatic heterocycles. The van der Waals surface area contributed by atoms with E-state index in [1.165, 1.54) is 24.8 Å². The molecule has 1 amide bonds. The van der Waals surface area contributed by atoms with Crippen molar-refractivity contribution in [2.24, 2.45) is 11.8 Å². The van der Waals surface area contributed by atoms with Gasteiger partial charge in [0, 0.05) is 30.5 Å². The first-order chi connectivity index (χ1) is 10.6. The maximum Gasteiger partial charge on any atom is 0.260 e. The molecule has 4 heteroatoms. The molecule has 1 saturated heterocycles. The van der Waals surface area contributed by atoms with Crippen molar-refractivity contribution in [3.8, 4) is 5.75 Å². The average molecular weight is 302 g/mol. The standard InChI is InChI=1S/C18H26N2O2/c1-13-9-14(2)11-20(10-13)18(21)12-22-17-7-8-19-16-6-4-3-5-15(16)17/h7-8,13-14H,3-6,9-12H2,1-2H3. The van der Waals surface area contributed by atoms with Gasteiger partial charge in [0.05, 0.1) is 0 Å². The lowest BCUT2D eigenvalue weighted by Gasteiger charge is -2.35. The highest BCUT2D eigenvalue weighted by Gasteiger charge is 2.26. The summed E-state index contributed by atoms with van der Waals surface area (Å²) in [5, 5.41) is 0. The van der Waals surface area contributed by atoms with Crippen molar-refractivity contribution in [3.05, 3.63) is 23.5 Å². The second-order valence-electron chi connectivity index (χ2n) is 6.97. The molecule has 1 aliphatic heterocycles. The molecule has 22 heavy (non-hydrogen) atoms. The number of carbonyl (C=O) groups excluding carboxylic acids is 1. The fourth-order valence-electron chi connectivity index (χ4n) is 3.83. The Kier molecular flexibility index (Phi) is 4.65. The summed E-state index contributed by atoms with van der Waals surface area (Å²) in [7, 11) is 0. The van der Waals surface area contributed by atoms with Gasteiger partial charge in [-0.15, -0.1) is 0 Å². The minimum atomic E-state index is 0.111. The first-order valence-electron chi connectivity index (χ1n) is 8.51. The van der Waals surface area contributed by atoms with Crippen LogP contribution in [0.1, 0.15) is 44.4 Å². The predicted molar refractivity (Wildman–Crippen MR) is 85.9 cm³/mol. The number of hydrogen-bond acceptors (Lipinski definition) is 3. The van der Waals surface area contributed by atoms with Crippen molar-refractivity contribution in [2.45, 2.75) is 46.0 Å². The Bertz CT molecular complexity index is 534. The monoisotopic (exact) mass is 302 g/mol. The fourth-order valence-corrected chi connectivity index (χ4v) is 3.83. The highest BCUT2D eigenvalue weighted by atomic mass is 16.5. The summed E-state index contributed by atoms with van der Waals surface area (Å²) in [5.41, 5.74) is 2.36. The van der Waals surface area contributed by atoms with Gasteiger partial charge in [-0.1, -0.05) is 13.8 Å². The number of ether oxygens (including phenoxy) is 1. The number of pyridine rings is 1. The van der Waals surface area contributed by atoms with Gasteiger partial charge in [0.1, 0.15) is 5.75 Å². The van der Waals surface area contributed by atoms with Gasteiger partial charge in [-0.05, 0) is 50.0 Å². The summed E-state index contributed by atoms with van der Waals surface area (Å²) in [6.07, 6.45) is 7.44. The van der Waals surface area contributed by atoms with E-state index in [2.05, 4.69) is 18.8 Å². The van der Waals surface area contributed by atoms with Crippen molar-refractivity contribution in [1.82, 2.24) is 9.88 Å². The molecule has 0 radical (unpaired) electrons. The number of carbonyl (C=O) groups is 1. The van der Waals surface area contributed by atoms with Gasteiger partial charge in [0.2, 0.25) is 0 Å². The molecule has 1 fully saturated rings. The van der Waals surface area contributed by atoms with Crippen molar-refractivity contribution in [2.75, 3.05) is 19.7 Å². The summed E-state index contributed by atoms with van der Waals surface area (Å²) >= 11 is 0. The van der Waals surface area contributed by atoms with E-state index >= 15 is 0 Å². The molecule has 2 atom stereocenters. The minimum Gasteiger partial charge on any atom is -0.483 e. The summed E-state index contributed by atoms with van der Waals surface area (Å²) in [6, 6.07) is 1.90. The van der Waals surface area contributed by atoms with Gasteiger partial charge in [-0.25, -0.2) is 0 Å². The lowest BCUT2D eigenvalue weighted by atomic mass is 9.92. The maximum atomic E-state index is 12.4. The largest absolute Gasteiger partial charge is 0.483 e.